The number of para-hydroxylation sites is 2. The van der Waals surface area contributed by atoms with Gasteiger partial charge in [-0.2, -0.15) is 0 Å². The van der Waals surface area contributed by atoms with Crippen molar-refractivity contribution in [2.24, 2.45) is 5.41 Å². The second kappa shape index (κ2) is 7.57. The van der Waals surface area contributed by atoms with E-state index in [-0.39, 0.29) is 11.2 Å². The average Bonchev–Trinajstić information content (AvgIpc) is 2.70. The zero-order chi connectivity index (χ0) is 18.6. The maximum absolute atomic E-state index is 12.7. The third-order valence-electron chi connectivity index (χ3n) is 4.92. The van der Waals surface area contributed by atoms with Gasteiger partial charge in [0.1, 0.15) is 0 Å². The Bertz CT molecular complexity index is 812. The number of Topliss-reactive ketones (excluding diaryl/α,β-unsaturated/α-hetero) is 1. The van der Waals surface area contributed by atoms with Gasteiger partial charge in [-0.25, -0.2) is 0 Å². The van der Waals surface area contributed by atoms with Crippen LogP contribution in [0.15, 0.2) is 84.9 Å². The molecule has 26 heavy (non-hydrogen) atoms. The maximum atomic E-state index is 12.7. The van der Waals surface area contributed by atoms with E-state index in [9.17, 15) is 4.79 Å². The molecule has 0 saturated carbocycles. The van der Waals surface area contributed by atoms with Crippen molar-refractivity contribution in [2.45, 2.75) is 27.2 Å². The van der Waals surface area contributed by atoms with Crippen molar-refractivity contribution in [3.63, 3.8) is 0 Å². The molecule has 2 nitrogen and oxygen atoms in total. The molecule has 0 spiro atoms. The Balaban J connectivity index is 2.00. The van der Waals surface area contributed by atoms with Crippen LogP contribution < -0.4 is 4.90 Å². The molecule has 3 aromatic rings. The van der Waals surface area contributed by atoms with E-state index < -0.39 is 0 Å². The minimum atomic E-state index is -0.333. The van der Waals surface area contributed by atoms with Crippen LogP contribution in [0.5, 0.6) is 0 Å². The van der Waals surface area contributed by atoms with Crippen molar-refractivity contribution in [2.75, 3.05) is 4.90 Å². The molecule has 0 bridgehead atoms. The van der Waals surface area contributed by atoms with E-state index in [1.165, 1.54) is 0 Å². The van der Waals surface area contributed by atoms with Crippen molar-refractivity contribution < 1.29 is 4.79 Å². The van der Waals surface area contributed by atoms with E-state index in [0.717, 1.165) is 29.0 Å². The van der Waals surface area contributed by atoms with Crippen LogP contribution in [0.4, 0.5) is 17.1 Å². The Labute approximate surface area is 156 Å². The predicted octanol–water partition coefficient (Wildman–Crippen LogP) is 6.78. The van der Waals surface area contributed by atoms with E-state index in [4.69, 9.17) is 0 Å². The number of anilines is 3. The molecule has 3 rings (SSSR count). The van der Waals surface area contributed by atoms with Crippen LogP contribution in [0, 0.1) is 5.41 Å². The molecule has 132 valence electrons. The first kappa shape index (κ1) is 17.9. The minimum absolute atomic E-state index is 0.192. The molecule has 0 unspecified atom stereocenters. The molecule has 2 heteroatoms. The molecule has 0 atom stereocenters. The lowest BCUT2D eigenvalue weighted by Crippen LogP contribution is -2.23. The molecule has 0 saturated heterocycles. The molecule has 0 amide bonds. The summed E-state index contributed by atoms with van der Waals surface area (Å²) in [5.74, 6) is 0.192. The molecule has 0 aromatic heterocycles. The highest BCUT2D eigenvalue weighted by Crippen LogP contribution is 2.34. The minimum Gasteiger partial charge on any atom is -0.311 e. The van der Waals surface area contributed by atoms with Crippen molar-refractivity contribution in [1.29, 1.82) is 0 Å². The van der Waals surface area contributed by atoms with Gasteiger partial charge in [0.15, 0.2) is 5.78 Å². The molecular formula is C24H25NO. The lowest BCUT2D eigenvalue weighted by Gasteiger charge is -2.26. The van der Waals surface area contributed by atoms with Crippen molar-refractivity contribution in [1.82, 2.24) is 0 Å². The van der Waals surface area contributed by atoms with Gasteiger partial charge >= 0.3 is 0 Å². The Kier molecular flexibility index (Phi) is 5.22. The fourth-order valence-corrected chi connectivity index (χ4v) is 2.91. The van der Waals surface area contributed by atoms with Crippen LogP contribution in [0.1, 0.15) is 37.6 Å². The summed E-state index contributed by atoms with van der Waals surface area (Å²) in [6, 6.07) is 28.5. The Hall–Kier alpha value is -2.87. The van der Waals surface area contributed by atoms with Crippen LogP contribution in [-0.4, -0.2) is 5.78 Å². The molecule has 0 aliphatic heterocycles. The molecule has 0 fully saturated rings. The second-order valence-electron chi connectivity index (χ2n) is 7.12. The molecule has 0 heterocycles. The van der Waals surface area contributed by atoms with Crippen LogP contribution in [0.3, 0.4) is 0 Å². The van der Waals surface area contributed by atoms with Crippen LogP contribution in [0.2, 0.25) is 0 Å². The maximum Gasteiger partial charge on any atom is 0.168 e. The van der Waals surface area contributed by atoms with Crippen LogP contribution in [0.25, 0.3) is 0 Å². The summed E-state index contributed by atoms with van der Waals surface area (Å²) in [6.07, 6.45) is 0.827. The monoisotopic (exact) mass is 343 g/mol. The summed E-state index contributed by atoms with van der Waals surface area (Å²) in [5, 5.41) is 0. The van der Waals surface area contributed by atoms with Gasteiger partial charge in [0.2, 0.25) is 0 Å². The zero-order valence-electron chi connectivity index (χ0n) is 15.6. The molecule has 0 radical (unpaired) electrons. The standard InChI is InChI=1S/C24H25NO/c1-4-24(2,3)23(26)19-15-17-22(18-16-19)25(20-11-7-5-8-12-20)21-13-9-6-10-14-21/h5-18H,4H2,1-3H3. The average molecular weight is 343 g/mol. The van der Waals surface area contributed by atoms with E-state index in [1.807, 2.05) is 74.5 Å². The number of benzene rings is 3. The quantitative estimate of drug-likeness (QED) is 0.460. The smallest absolute Gasteiger partial charge is 0.168 e. The summed E-state index contributed by atoms with van der Waals surface area (Å²) in [6.45, 7) is 6.06. The number of hydrogen-bond donors (Lipinski definition) is 0. The van der Waals surface area contributed by atoms with E-state index >= 15 is 0 Å². The molecular weight excluding hydrogens is 318 g/mol. The van der Waals surface area contributed by atoms with Gasteiger partial charge < -0.3 is 4.90 Å². The van der Waals surface area contributed by atoms with Crippen molar-refractivity contribution in [3.05, 3.63) is 90.5 Å². The predicted molar refractivity (Wildman–Crippen MR) is 110 cm³/mol. The lowest BCUT2D eigenvalue weighted by atomic mass is 9.82. The Morgan fingerprint density at radius 2 is 1.15 bits per heavy atom. The first-order valence-electron chi connectivity index (χ1n) is 9.08. The normalized spacial score (nSPS) is 11.2. The summed E-state index contributed by atoms with van der Waals surface area (Å²) < 4.78 is 0. The second-order valence-corrected chi connectivity index (χ2v) is 7.12. The highest BCUT2D eigenvalue weighted by Gasteiger charge is 2.26. The fraction of sp³-hybridized carbons (Fsp3) is 0.208. The lowest BCUT2D eigenvalue weighted by molar-refractivity contribution is 0.0833. The Morgan fingerprint density at radius 3 is 1.58 bits per heavy atom. The third-order valence-corrected chi connectivity index (χ3v) is 4.92. The highest BCUT2D eigenvalue weighted by molar-refractivity contribution is 6.00. The van der Waals surface area contributed by atoms with Gasteiger partial charge in [0.05, 0.1) is 0 Å². The van der Waals surface area contributed by atoms with Crippen LogP contribution in [-0.2, 0) is 0 Å². The molecule has 0 aliphatic rings. The Morgan fingerprint density at radius 1 is 0.731 bits per heavy atom. The van der Waals surface area contributed by atoms with E-state index in [0.29, 0.717) is 0 Å². The van der Waals surface area contributed by atoms with Crippen molar-refractivity contribution in [3.8, 4) is 0 Å². The topological polar surface area (TPSA) is 20.3 Å². The summed E-state index contributed by atoms with van der Waals surface area (Å²) in [4.78, 5) is 14.9. The highest BCUT2D eigenvalue weighted by atomic mass is 16.1. The summed E-state index contributed by atoms with van der Waals surface area (Å²) >= 11 is 0. The van der Waals surface area contributed by atoms with Gasteiger partial charge in [-0.3, -0.25) is 4.79 Å². The number of rotatable bonds is 6. The van der Waals surface area contributed by atoms with Crippen LogP contribution >= 0.6 is 0 Å². The number of carbonyl (C=O) groups is 1. The number of nitrogens with zero attached hydrogens (tertiary/aromatic N) is 1. The van der Waals surface area contributed by atoms with Gasteiger partial charge in [-0.05, 0) is 55.0 Å². The van der Waals surface area contributed by atoms with E-state index in [2.05, 4.69) is 36.1 Å². The summed E-state index contributed by atoms with van der Waals surface area (Å²) in [5.41, 5.74) is 3.65. The summed E-state index contributed by atoms with van der Waals surface area (Å²) in [7, 11) is 0. The van der Waals surface area contributed by atoms with Gasteiger partial charge in [0, 0.05) is 28.0 Å². The first-order chi connectivity index (χ1) is 12.5. The number of ketones is 1. The molecule has 0 aliphatic carbocycles. The largest absolute Gasteiger partial charge is 0.311 e. The van der Waals surface area contributed by atoms with Gasteiger partial charge in [-0.15, -0.1) is 0 Å². The zero-order valence-corrected chi connectivity index (χ0v) is 15.6. The molecule has 3 aromatic carbocycles. The van der Waals surface area contributed by atoms with Crippen molar-refractivity contribution >= 4 is 22.8 Å². The van der Waals surface area contributed by atoms with Gasteiger partial charge in [0.25, 0.3) is 0 Å². The number of carbonyl (C=O) groups excluding carboxylic acids is 1. The third kappa shape index (κ3) is 3.70. The first-order valence-corrected chi connectivity index (χ1v) is 9.08. The fourth-order valence-electron chi connectivity index (χ4n) is 2.91. The number of hydrogen-bond acceptors (Lipinski definition) is 2. The molecule has 0 N–H and O–H groups in total. The van der Waals surface area contributed by atoms with Gasteiger partial charge in [-0.1, -0.05) is 57.2 Å². The SMILES string of the molecule is CCC(C)(C)C(=O)c1ccc(N(c2ccccc2)c2ccccc2)cc1. The van der Waals surface area contributed by atoms with E-state index in [1.54, 1.807) is 0 Å².